The fourth-order valence-corrected chi connectivity index (χ4v) is 2.12. The van der Waals surface area contributed by atoms with Crippen molar-refractivity contribution >= 4 is 17.8 Å². The molecule has 0 bridgehead atoms. The molecule has 0 atom stereocenters. The molecule has 0 aliphatic rings. The van der Waals surface area contributed by atoms with Crippen LogP contribution in [0.3, 0.4) is 0 Å². The van der Waals surface area contributed by atoms with Crippen molar-refractivity contribution in [3.8, 4) is 11.5 Å². The van der Waals surface area contributed by atoms with Crippen LogP contribution in [0.2, 0.25) is 0 Å². The number of amides is 1. The summed E-state index contributed by atoms with van der Waals surface area (Å²) in [5, 5.41) is 2.62. The van der Waals surface area contributed by atoms with E-state index in [9.17, 15) is 14.4 Å². The van der Waals surface area contributed by atoms with Gasteiger partial charge in [-0.2, -0.15) is 0 Å². The molecule has 0 spiro atoms. The molecule has 2 aromatic rings. The summed E-state index contributed by atoms with van der Waals surface area (Å²) < 4.78 is 14.9. The molecule has 26 heavy (non-hydrogen) atoms. The van der Waals surface area contributed by atoms with Gasteiger partial charge in [0, 0.05) is 12.1 Å². The van der Waals surface area contributed by atoms with Gasteiger partial charge in [0.15, 0.2) is 0 Å². The molecule has 1 N–H and O–H groups in total. The number of para-hydroxylation sites is 1. The Hall–Kier alpha value is -3.35. The second-order valence-electron chi connectivity index (χ2n) is 5.20. The van der Waals surface area contributed by atoms with Gasteiger partial charge in [-0.15, -0.1) is 0 Å². The zero-order chi connectivity index (χ0) is 18.9. The first-order chi connectivity index (χ1) is 12.5. The number of ether oxygens (including phenoxy) is 3. The second-order valence-corrected chi connectivity index (χ2v) is 5.20. The minimum Gasteiger partial charge on any atom is -0.469 e. The summed E-state index contributed by atoms with van der Waals surface area (Å²) in [5.74, 6) is -0.377. The number of rotatable bonds is 7. The van der Waals surface area contributed by atoms with Crippen LogP contribution in [0.4, 0.5) is 0 Å². The molecule has 0 aliphatic carbocycles. The number of esters is 2. The van der Waals surface area contributed by atoms with Crippen molar-refractivity contribution in [1.29, 1.82) is 0 Å². The van der Waals surface area contributed by atoms with E-state index in [1.165, 1.54) is 14.2 Å². The highest BCUT2D eigenvalue weighted by Crippen LogP contribution is 2.26. The Morgan fingerprint density at radius 2 is 1.62 bits per heavy atom. The van der Waals surface area contributed by atoms with Crippen molar-refractivity contribution < 1.29 is 28.6 Å². The first-order valence-electron chi connectivity index (χ1n) is 7.85. The first kappa shape index (κ1) is 19.0. The minimum absolute atomic E-state index is 0.105. The summed E-state index contributed by atoms with van der Waals surface area (Å²) in [6.45, 7) is 0.191. The van der Waals surface area contributed by atoms with Crippen LogP contribution in [0.1, 0.15) is 27.1 Å². The lowest BCUT2D eigenvalue weighted by atomic mass is 10.2. The topological polar surface area (TPSA) is 90.9 Å². The van der Waals surface area contributed by atoms with Crippen molar-refractivity contribution in [2.75, 3.05) is 20.8 Å². The summed E-state index contributed by atoms with van der Waals surface area (Å²) >= 11 is 0. The zero-order valence-corrected chi connectivity index (χ0v) is 14.5. The standard InChI is InChI=1S/C19H19NO6/c1-24-17(21)11-12-20-18(22)13-7-9-14(10-8-13)26-16-6-4-3-5-15(16)19(23)25-2/h3-10H,11-12H2,1-2H3,(H,20,22). The fourth-order valence-electron chi connectivity index (χ4n) is 2.12. The van der Waals surface area contributed by atoms with Crippen LogP contribution in [-0.4, -0.2) is 38.6 Å². The molecule has 0 saturated heterocycles. The molecule has 7 heteroatoms. The monoisotopic (exact) mass is 357 g/mol. The number of hydrogen-bond acceptors (Lipinski definition) is 6. The number of hydrogen-bond donors (Lipinski definition) is 1. The molecular formula is C19H19NO6. The molecule has 2 aromatic carbocycles. The van der Waals surface area contributed by atoms with E-state index in [1.807, 2.05) is 0 Å². The molecule has 1 amide bonds. The van der Waals surface area contributed by atoms with E-state index >= 15 is 0 Å². The van der Waals surface area contributed by atoms with E-state index in [2.05, 4.69) is 10.1 Å². The van der Waals surface area contributed by atoms with E-state index in [0.717, 1.165) is 0 Å². The zero-order valence-electron chi connectivity index (χ0n) is 14.5. The lowest BCUT2D eigenvalue weighted by Gasteiger charge is -2.10. The summed E-state index contributed by atoms with van der Waals surface area (Å²) in [5.41, 5.74) is 0.725. The van der Waals surface area contributed by atoms with E-state index in [-0.39, 0.29) is 18.9 Å². The SMILES string of the molecule is COC(=O)CCNC(=O)c1ccc(Oc2ccccc2C(=O)OC)cc1. The van der Waals surface area contributed by atoms with Gasteiger partial charge in [0.2, 0.25) is 0 Å². The molecule has 2 rings (SSSR count). The first-order valence-corrected chi connectivity index (χ1v) is 7.85. The van der Waals surface area contributed by atoms with Crippen molar-refractivity contribution in [1.82, 2.24) is 5.32 Å². The molecule has 0 saturated carbocycles. The Morgan fingerprint density at radius 3 is 2.27 bits per heavy atom. The van der Waals surface area contributed by atoms with Crippen LogP contribution < -0.4 is 10.1 Å². The van der Waals surface area contributed by atoms with Crippen LogP contribution >= 0.6 is 0 Å². The minimum atomic E-state index is -0.498. The van der Waals surface area contributed by atoms with Crippen LogP contribution in [0, 0.1) is 0 Å². The Balaban J connectivity index is 2.01. The molecule has 136 valence electrons. The number of carbonyl (C=O) groups excluding carboxylic acids is 3. The summed E-state index contributed by atoms with van der Waals surface area (Å²) in [6, 6.07) is 13.1. The number of benzene rings is 2. The maximum atomic E-state index is 12.0. The number of carbonyl (C=O) groups is 3. The second kappa shape index (κ2) is 9.22. The van der Waals surface area contributed by atoms with Gasteiger partial charge in [-0.1, -0.05) is 12.1 Å². The van der Waals surface area contributed by atoms with Crippen LogP contribution in [0.25, 0.3) is 0 Å². The van der Waals surface area contributed by atoms with Crippen LogP contribution in [0.15, 0.2) is 48.5 Å². The Kier molecular flexibility index (Phi) is 6.73. The van der Waals surface area contributed by atoms with Crippen molar-refractivity contribution in [2.45, 2.75) is 6.42 Å². The van der Waals surface area contributed by atoms with Gasteiger partial charge in [0.05, 0.1) is 20.6 Å². The molecule has 0 aromatic heterocycles. The molecular weight excluding hydrogens is 338 g/mol. The number of nitrogens with one attached hydrogen (secondary N) is 1. The molecule has 0 radical (unpaired) electrons. The molecule has 7 nitrogen and oxygen atoms in total. The third-order valence-electron chi connectivity index (χ3n) is 3.48. The van der Waals surface area contributed by atoms with Crippen LogP contribution in [-0.2, 0) is 14.3 Å². The maximum absolute atomic E-state index is 12.0. The van der Waals surface area contributed by atoms with E-state index in [0.29, 0.717) is 22.6 Å². The van der Waals surface area contributed by atoms with Gasteiger partial charge in [0.1, 0.15) is 17.1 Å². The van der Waals surface area contributed by atoms with E-state index in [1.54, 1.807) is 48.5 Å². The number of methoxy groups -OCH3 is 2. The Morgan fingerprint density at radius 1 is 0.923 bits per heavy atom. The van der Waals surface area contributed by atoms with E-state index < -0.39 is 11.9 Å². The van der Waals surface area contributed by atoms with E-state index in [4.69, 9.17) is 9.47 Å². The highest BCUT2D eigenvalue weighted by atomic mass is 16.5. The normalized spacial score (nSPS) is 9.92. The van der Waals surface area contributed by atoms with Gasteiger partial charge >= 0.3 is 11.9 Å². The molecule has 0 heterocycles. The predicted octanol–water partition coefficient (Wildman–Crippen LogP) is 2.56. The third kappa shape index (κ3) is 5.07. The lowest BCUT2D eigenvalue weighted by molar-refractivity contribution is -0.140. The Bertz CT molecular complexity index is 785. The maximum Gasteiger partial charge on any atom is 0.341 e. The third-order valence-corrected chi connectivity index (χ3v) is 3.48. The highest BCUT2D eigenvalue weighted by Gasteiger charge is 2.13. The fraction of sp³-hybridized carbons (Fsp3) is 0.211. The van der Waals surface area contributed by atoms with Gasteiger partial charge in [-0.25, -0.2) is 4.79 Å². The van der Waals surface area contributed by atoms with Crippen molar-refractivity contribution in [3.63, 3.8) is 0 Å². The van der Waals surface area contributed by atoms with Crippen molar-refractivity contribution in [2.24, 2.45) is 0 Å². The largest absolute Gasteiger partial charge is 0.469 e. The summed E-state index contributed by atoms with van der Waals surface area (Å²) in [4.78, 5) is 34.8. The van der Waals surface area contributed by atoms with Crippen LogP contribution in [0.5, 0.6) is 11.5 Å². The Labute approximate surface area is 150 Å². The summed E-state index contributed by atoms with van der Waals surface area (Å²) in [7, 11) is 2.59. The lowest BCUT2D eigenvalue weighted by Crippen LogP contribution is -2.26. The smallest absolute Gasteiger partial charge is 0.341 e. The average Bonchev–Trinajstić information content (AvgIpc) is 2.68. The van der Waals surface area contributed by atoms with Crippen molar-refractivity contribution in [3.05, 3.63) is 59.7 Å². The van der Waals surface area contributed by atoms with Gasteiger partial charge < -0.3 is 19.5 Å². The van der Waals surface area contributed by atoms with Gasteiger partial charge in [-0.05, 0) is 36.4 Å². The molecule has 0 aliphatic heterocycles. The van der Waals surface area contributed by atoms with Gasteiger partial charge in [-0.3, -0.25) is 9.59 Å². The highest BCUT2D eigenvalue weighted by molar-refractivity contribution is 5.94. The molecule has 0 fully saturated rings. The molecule has 0 unspecified atom stereocenters. The van der Waals surface area contributed by atoms with Gasteiger partial charge in [0.25, 0.3) is 5.91 Å². The average molecular weight is 357 g/mol. The quantitative estimate of drug-likeness (QED) is 0.766. The predicted molar refractivity (Wildman–Crippen MR) is 93.3 cm³/mol. The summed E-state index contributed by atoms with van der Waals surface area (Å²) in [6.07, 6.45) is 0.105.